The average molecular weight is 358 g/mol. The summed E-state index contributed by atoms with van der Waals surface area (Å²) in [5, 5.41) is 1.03. The Kier molecular flexibility index (Phi) is 5.45. The molecule has 0 fully saturated rings. The molecular formula is C15H13Cl2NO3S. The van der Waals surface area contributed by atoms with E-state index in [1.165, 1.54) is 24.3 Å². The lowest BCUT2D eigenvalue weighted by Crippen LogP contribution is -2.30. The predicted octanol–water partition coefficient (Wildman–Crippen LogP) is 3.43. The second-order valence-corrected chi connectivity index (χ2v) is 7.16. The van der Waals surface area contributed by atoms with Gasteiger partial charge in [0, 0.05) is 16.5 Å². The third-order valence-corrected chi connectivity index (χ3v) is 4.82. The van der Waals surface area contributed by atoms with Gasteiger partial charge in [0.1, 0.15) is 0 Å². The zero-order chi connectivity index (χ0) is 16.2. The highest BCUT2D eigenvalue weighted by atomic mass is 35.5. The van der Waals surface area contributed by atoms with Crippen LogP contribution in [0.25, 0.3) is 0 Å². The van der Waals surface area contributed by atoms with E-state index < -0.39 is 15.9 Å². The van der Waals surface area contributed by atoms with Crippen molar-refractivity contribution in [3.63, 3.8) is 0 Å². The molecule has 0 bridgehead atoms. The van der Waals surface area contributed by atoms with Crippen LogP contribution >= 0.6 is 23.2 Å². The van der Waals surface area contributed by atoms with E-state index in [2.05, 4.69) is 0 Å². The molecule has 1 N–H and O–H groups in total. The lowest BCUT2D eigenvalue weighted by atomic mass is 10.1. The van der Waals surface area contributed by atoms with Gasteiger partial charge in [0.25, 0.3) is 10.0 Å². The molecule has 2 rings (SSSR count). The second-order valence-electron chi connectivity index (χ2n) is 4.61. The first-order valence-corrected chi connectivity index (χ1v) is 8.66. The number of nitrogens with one attached hydrogen (secondary N) is 1. The molecule has 22 heavy (non-hydrogen) atoms. The summed E-state index contributed by atoms with van der Waals surface area (Å²) in [7, 11) is -3.87. The summed E-state index contributed by atoms with van der Waals surface area (Å²) in [6.45, 7) is 0. The first-order valence-electron chi connectivity index (χ1n) is 6.42. The molecule has 2 aromatic carbocycles. The van der Waals surface area contributed by atoms with E-state index in [4.69, 9.17) is 23.2 Å². The van der Waals surface area contributed by atoms with Crippen molar-refractivity contribution in [2.24, 2.45) is 0 Å². The predicted molar refractivity (Wildman–Crippen MR) is 86.6 cm³/mol. The number of rotatable bonds is 5. The van der Waals surface area contributed by atoms with Gasteiger partial charge in [0.05, 0.1) is 4.90 Å². The van der Waals surface area contributed by atoms with E-state index in [1.54, 1.807) is 24.3 Å². The third kappa shape index (κ3) is 4.73. The maximum absolute atomic E-state index is 12.0. The van der Waals surface area contributed by atoms with Crippen molar-refractivity contribution in [2.45, 2.75) is 17.7 Å². The standard InChI is InChI=1S/C15H13Cl2NO3S/c16-12-4-1-11(2-5-12)3-10-15(19)18-22(20,21)14-8-6-13(17)7-9-14/h1-2,4-9H,3,10H2,(H,18,19). The average Bonchev–Trinajstić information content (AvgIpc) is 2.46. The molecule has 0 aliphatic carbocycles. The van der Waals surface area contributed by atoms with Crippen molar-refractivity contribution in [1.29, 1.82) is 0 Å². The molecule has 0 atom stereocenters. The Hall–Kier alpha value is -1.56. The zero-order valence-corrected chi connectivity index (χ0v) is 13.8. The van der Waals surface area contributed by atoms with Crippen LogP contribution in [0.2, 0.25) is 10.0 Å². The Morgan fingerprint density at radius 2 is 1.41 bits per heavy atom. The van der Waals surface area contributed by atoms with Gasteiger partial charge >= 0.3 is 0 Å². The normalized spacial score (nSPS) is 11.2. The van der Waals surface area contributed by atoms with Gasteiger partial charge in [0.15, 0.2) is 0 Å². The van der Waals surface area contributed by atoms with Crippen molar-refractivity contribution >= 4 is 39.1 Å². The molecule has 0 spiro atoms. The molecule has 1 amide bonds. The van der Waals surface area contributed by atoms with Gasteiger partial charge < -0.3 is 0 Å². The highest BCUT2D eigenvalue weighted by Gasteiger charge is 2.17. The summed E-state index contributed by atoms with van der Waals surface area (Å²) in [6.07, 6.45) is 0.494. The molecule has 0 aliphatic rings. The molecule has 0 saturated carbocycles. The number of hydrogen-bond acceptors (Lipinski definition) is 3. The van der Waals surface area contributed by atoms with E-state index in [0.29, 0.717) is 16.5 Å². The largest absolute Gasteiger partial charge is 0.274 e. The van der Waals surface area contributed by atoms with E-state index >= 15 is 0 Å². The third-order valence-electron chi connectivity index (χ3n) is 2.93. The van der Waals surface area contributed by atoms with E-state index in [1.807, 2.05) is 4.72 Å². The Labute approximate surface area is 139 Å². The van der Waals surface area contributed by atoms with Crippen LogP contribution in [-0.2, 0) is 21.2 Å². The van der Waals surface area contributed by atoms with Crippen LogP contribution in [0.3, 0.4) is 0 Å². The van der Waals surface area contributed by atoms with Crippen LogP contribution in [0.1, 0.15) is 12.0 Å². The maximum Gasteiger partial charge on any atom is 0.264 e. The lowest BCUT2D eigenvalue weighted by molar-refractivity contribution is -0.119. The minimum Gasteiger partial charge on any atom is -0.274 e. The Balaban J connectivity index is 1.96. The van der Waals surface area contributed by atoms with E-state index in [-0.39, 0.29) is 11.3 Å². The molecule has 4 nitrogen and oxygen atoms in total. The van der Waals surface area contributed by atoms with Crippen LogP contribution in [-0.4, -0.2) is 14.3 Å². The minimum atomic E-state index is -3.87. The molecular weight excluding hydrogens is 345 g/mol. The molecule has 116 valence electrons. The summed E-state index contributed by atoms with van der Waals surface area (Å²) in [5.41, 5.74) is 0.906. The van der Waals surface area contributed by atoms with Crippen molar-refractivity contribution in [1.82, 2.24) is 4.72 Å². The summed E-state index contributed by atoms with van der Waals surface area (Å²) in [5.74, 6) is -0.565. The molecule has 7 heteroatoms. The fourth-order valence-corrected chi connectivity index (χ4v) is 3.05. The Morgan fingerprint density at radius 1 is 0.909 bits per heavy atom. The number of carbonyl (C=O) groups is 1. The summed E-state index contributed by atoms with van der Waals surface area (Å²) >= 11 is 11.5. The number of halogens is 2. The van der Waals surface area contributed by atoms with Crippen molar-refractivity contribution in [3.8, 4) is 0 Å². The second kappa shape index (κ2) is 7.13. The quantitative estimate of drug-likeness (QED) is 0.891. The Bertz CT molecular complexity index is 756. The van der Waals surface area contributed by atoms with Crippen molar-refractivity contribution in [2.75, 3.05) is 0 Å². The van der Waals surface area contributed by atoms with Crippen LogP contribution in [0.4, 0.5) is 0 Å². The summed E-state index contributed by atoms with van der Waals surface area (Å²) < 4.78 is 26.1. The first kappa shape index (κ1) is 16.8. The zero-order valence-electron chi connectivity index (χ0n) is 11.4. The molecule has 0 heterocycles. The molecule has 0 aliphatic heterocycles. The number of hydrogen-bond donors (Lipinski definition) is 1. The van der Waals surface area contributed by atoms with Gasteiger partial charge in [-0.1, -0.05) is 35.3 Å². The van der Waals surface area contributed by atoms with Crippen molar-refractivity contribution in [3.05, 3.63) is 64.1 Å². The van der Waals surface area contributed by atoms with Crippen LogP contribution < -0.4 is 4.72 Å². The fraction of sp³-hybridized carbons (Fsp3) is 0.133. The maximum atomic E-state index is 12.0. The number of benzene rings is 2. The van der Waals surface area contributed by atoms with E-state index in [0.717, 1.165) is 5.56 Å². The van der Waals surface area contributed by atoms with Gasteiger partial charge in [-0.05, 0) is 48.4 Å². The van der Waals surface area contributed by atoms with Gasteiger partial charge in [-0.25, -0.2) is 13.1 Å². The number of amides is 1. The Morgan fingerprint density at radius 3 is 1.95 bits per heavy atom. The monoisotopic (exact) mass is 357 g/mol. The van der Waals surface area contributed by atoms with Gasteiger partial charge in [-0.3, -0.25) is 4.79 Å². The van der Waals surface area contributed by atoms with E-state index in [9.17, 15) is 13.2 Å². The SMILES string of the molecule is O=C(CCc1ccc(Cl)cc1)NS(=O)(=O)c1ccc(Cl)cc1. The molecule has 0 saturated heterocycles. The topological polar surface area (TPSA) is 63.2 Å². The molecule has 2 aromatic rings. The van der Waals surface area contributed by atoms with Gasteiger partial charge in [-0.2, -0.15) is 0 Å². The molecule has 0 aromatic heterocycles. The smallest absolute Gasteiger partial charge is 0.264 e. The lowest BCUT2D eigenvalue weighted by Gasteiger charge is -2.07. The highest BCUT2D eigenvalue weighted by molar-refractivity contribution is 7.90. The summed E-state index contributed by atoms with van der Waals surface area (Å²) in [6, 6.07) is 12.6. The van der Waals surface area contributed by atoms with Crippen LogP contribution in [0.5, 0.6) is 0 Å². The van der Waals surface area contributed by atoms with Crippen LogP contribution in [0.15, 0.2) is 53.4 Å². The van der Waals surface area contributed by atoms with Crippen molar-refractivity contribution < 1.29 is 13.2 Å². The number of aryl methyl sites for hydroxylation is 1. The number of sulfonamides is 1. The van der Waals surface area contributed by atoms with Gasteiger partial charge in [0.2, 0.25) is 5.91 Å². The molecule has 0 radical (unpaired) electrons. The van der Waals surface area contributed by atoms with Gasteiger partial charge in [-0.15, -0.1) is 0 Å². The minimum absolute atomic E-state index is 0.00302. The summed E-state index contributed by atoms with van der Waals surface area (Å²) in [4.78, 5) is 11.8. The fourth-order valence-electron chi connectivity index (χ4n) is 1.78. The van der Waals surface area contributed by atoms with Crippen LogP contribution in [0, 0.1) is 0 Å². The highest BCUT2D eigenvalue weighted by Crippen LogP contribution is 2.14. The number of carbonyl (C=O) groups excluding carboxylic acids is 1. The first-order chi connectivity index (χ1) is 10.4. The molecule has 0 unspecified atom stereocenters.